The van der Waals surface area contributed by atoms with Crippen LogP contribution in [0.3, 0.4) is 0 Å². The molecule has 1 aliphatic rings. The molecule has 1 rings (SSSR count). The smallest absolute Gasteiger partial charge is 0.267 e. The highest BCUT2D eigenvalue weighted by atomic mass is 16.7. The van der Waals surface area contributed by atoms with Gasteiger partial charge in [0.1, 0.15) is 12.2 Å². The fourth-order valence-corrected chi connectivity index (χ4v) is 3.40. The predicted molar refractivity (Wildman–Crippen MR) is 84.1 cm³/mol. The molecule has 0 radical (unpaired) electrons. The van der Waals surface area contributed by atoms with Crippen molar-refractivity contribution in [1.29, 1.82) is 0 Å². The topological polar surface area (TPSA) is 196 Å². The zero-order chi connectivity index (χ0) is 21.7. The third-order valence-corrected chi connectivity index (χ3v) is 5.01. The standard InChI is InChI=1S/C16H22O11/c1-6(17)11(22)12-13(23,7(2)18)14(24,8(3)19)15(25,9(4)20)16(26,27-12)10(5)21/h11-12,22-26H,1-5H3/t11?,12-,13-,14+,15-,16+/m1/s1. The second kappa shape index (κ2) is 6.62. The summed E-state index contributed by atoms with van der Waals surface area (Å²) < 4.78 is 4.84. The first-order valence-electron chi connectivity index (χ1n) is 7.77. The molecule has 5 N–H and O–H groups in total. The fraction of sp³-hybridized carbons (Fsp3) is 0.688. The summed E-state index contributed by atoms with van der Waals surface area (Å²) in [6.45, 7) is 3.15. The lowest BCUT2D eigenvalue weighted by molar-refractivity contribution is -0.394. The Hall–Kier alpha value is -1.89. The molecule has 27 heavy (non-hydrogen) atoms. The van der Waals surface area contributed by atoms with Gasteiger partial charge in [0.05, 0.1) is 0 Å². The Balaban J connectivity index is 4.15. The van der Waals surface area contributed by atoms with Crippen molar-refractivity contribution >= 4 is 28.9 Å². The lowest BCUT2D eigenvalue weighted by Gasteiger charge is -2.60. The molecule has 11 nitrogen and oxygen atoms in total. The summed E-state index contributed by atoms with van der Waals surface area (Å²) in [5.41, 5.74) is -11.3. The SMILES string of the molecule is CC(=O)C(O)[C@H]1O[C@@](O)(C(C)=O)[C@@](O)(C(C)=O)[C@](O)(C(C)=O)[C@@]1(O)C(C)=O. The summed E-state index contributed by atoms with van der Waals surface area (Å²) >= 11 is 0. The summed E-state index contributed by atoms with van der Waals surface area (Å²) in [6, 6.07) is 0. The summed E-state index contributed by atoms with van der Waals surface area (Å²) in [4.78, 5) is 60.3. The number of Topliss-reactive ketones (excluding diaryl/α,β-unsaturated/α-hetero) is 5. The Morgan fingerprint density at radius 3 is 1.41 bits per heavy atom. The van der Waals surface area contributed by atoms with Crippen molar-refractivity contribution in [2.75, 3.05) is 0 Å². The van der Waals surface area contributed by atoms with Crippen LogP contribution in [0.5, 0.6) is 0 Å². The van der Waals surface area contributed by atoms with Crippen LogP contribution in [-0.4, -0.2) is 89.2 Å². The van der Waals surface area contributed by atoms with E-state index >= 15 is 0 Å². The number of rotatable bonds is 6. The van der Waals surface area contributed by atoms with E-state index in [0.29, 0.717) is 27.7 Å². The lowest BCUT2D eigenvalue weighted by Crippen LogP contribution is -2.91. The molecule has 0 spiro atoms. The van der Waals surface area contributed by atoms with Gasteiger partial charge in [-0.05, 0) is 27.7 Å². The Morgan fingerprint density at radius 1 is 0.741 bits per heavy atom. The first kappa shape index (κ1) is 23.1. The Morgan fingerprint density at radius 2 is 1.15 bits per heavy atom. The van der Waals surface area contributed by atoms with Crippen LogP contribution in [-0.2, 0) is 28.7 Å². The molecular formula is C16H22O11. The van der Waals surface area contributed by atoms with Crippen molar-refractivity contribution in [3.63, 3.8) is 0 Å². The van der Waals surface area contributed by atoms with Crippen LogP contribution in [0.15, 0.2) is 0 Å². The van der Waals surface area contributed by atoms with E-state index in [0.717, 1.165) is 6.92 Å². The number of hydrogen-bond acceptors (Lipinski definition) is 11. The molecule has 0 aromatic heterocycles. The maximum Gasteiger partial charge on any atom is 0.267 e. The minimum atomic E-state index is -3.85. The van der Waals surface area contributed by atoms with Gasteiger partial charge in [0.25, 0.3) is 5.79 Å². The molecule has 0 aliphatic carbocycles. The third-order valence-electron chi connectivity index (χ3n) is 5.01. The van der Waals surface area contributed by atoms with Gasteiger partial charge in [-0.3, -0.25) is 24.0 Å². The molecule has 11 heteroatoms. The van der Waals surface area contributed by atoms with Crippen LogP contribution in [0.1, 0.15) is 34.6 Å². The average molecular weight is 390 g/mol. The van der Waals surface area contributed by atoms with Crippen molar-refractivity contribution in [2.24, 2.45) is 0 Å². The highest BCUT2D eigenvalue weighted by molar-refractivity contribution is 6.09. The molecule has 1 aliphatic heterocycles. The van der Waals surface area contributed by atoms with Gasteiger partial charge < -0.3 is 30.3 Å². The van der Waals surface area contributed by atoms with E-state index in [1.807, 2.05) is 0 Å². The summed E-state index contributed by atoms with van der Waals surface area (Å²) in [7, 11) is 0. The summed E-state index contributed by atoms with van der Waals surface area (Å²) in [5.74, 6) is -11.0. The van der Waals surface area contributed by atoms with E-state index in [1.165, 1.54) is 0 Å². The summed E-state index contributed by atoms with van der Waals surface area (Å²) in [5, 5.41) is 53.5. The van der Waals surface area contributed by atoms with Gasteiger partial charge in [0.2, 0.25) is 11.2 Å². The molecule has 0 aromatic carbocycles. The number of carbonyl (C=O) groups excluding carboxylic acids is 5. The molecule has 1 heterocycles. The van der Waals surface area contributed by atoms with E-state index in [-0.39, 0.29) is 0 Å². The monoisotopic (exact) mass is 390 g/mol. The second-order valence-electron chi connectivity index (χ2n) is 6.65. The van der Waals surface area contributed by atoms with Crippen LogP contribution >= 0.6 is 0 Å². The normalized spacial score (nSPS) is 40.1. The van der Waals surface area contributed by atoms with Crippen molar-refractivity contribution in [3.8, 4) is 0 Å². The minimum absolute atomic E-state index is 0.560. The third kappa shape index (κ3) is 2.54. The van der Waals surface area contributed by atoms with Gasteiger partial charge in [0.15, 0.2) is 34.5 Å². The zero-order valence-electron chi connectivity index (χ0n) is 15.3. The maximum atomic E-state index is 12.3. The molecule has 0 aromatic rings. The molecule has 152 valence electrons. The maximum absolute atomic E-state index is 12.3. The highest BCUT2D eigenvalue weighted by Crippen LogP contribution is 2.51. The van der Waals surface area contributed by atoms with Crippen LogP contribution in [0.25, 0.3) is 0 Å². The van der Waals surface area contributed by atoms with Crippen LogP contribution in [0.4, 0.5) is 0 Å². The molecule has 0 saturated carbocycles. The number of ketones is 5. The zero-order valence-corrected chi connectivity index (χ0v) is 15.3. The number of hydrogen-bond donors (Lipinski definition) is 5. The van der Waals surface area contributed by atoms with Gasteiger partial charge in [-0.25, -0.2) is 0 Å². The van der Waals surface area contributed by atoms with E-state index < -0.39 is 63.7 Å². The first-order chi connectivity index (χ1) is 12.0. The van der Waals surface area contributed by atoms with Gasteiger partial charge in [-0.15, -0.1) is 0 Å². The molecule has 1 fully saturated rings. The van der Waals surface area contributed by atoms with Gasteiger partial charge >= 0.3 is 0 Å². The quantitative estimate of drug-likeness (QED) is 0.303. The molecular weight excluding hydrogens is 368 g/mol. The fourth-order valence-electron chi connectivity index (χ4n) is 3.40. The van der Waals surface area contributed by atoms with Crippen molar-refractivity contribution in [2.45, 2.75) is 69.4 Å². The van der Waals surface area contributed by atoms with Gasteiger partial charge in [0, 0.05) is 6.92 Å². The number of aliphatic hydroxyl groups excluding tert-OH is 1. The molecule has 1 saturated heterocycles. The molecule has 1 unspecified atom stereocenters. The minimum Gasteiger partial charge on any atom is -0.382 e. The van der Waals surface area contributed by atoms with Gasteiger partial charge in [-0.1, -0.05) is 0 Å². The van der Waals surface area contributed by atoms with Crippen LogP contribution < -0.4 is 0 Å². The van der Waals surface area contributed by atoms with Crippen molar-refractivity contribution < 1.29 is 54.2 Å². The first-order valence-corrected chi connectivity index (χ1v) is 7.77. The van der Waals surface area contributed by atoms with E-state index in [2.05, 4.69) is 0 Å². The Labute approximate surface area is 153 Å². The van der Waals surface area contributed by atoms with E-state index in [4.69, 9.17) is 4.74 Å². The largest absolute Gasteiger partial charge is 0.382 e. The number of aliphatic hydroxyl groups is 5. The lowest BCUT2D eigenvalue weighted by atomic mass is 9.57. The Kier molecular flexibility index (Phi) is 5.67. The average Bonchev–Trinajstić information content (AvgIpc) is 2.54. The van der Waals surface area contributed by atoms with E-state index in [9.17, 15) is 49.5 Å². The number of carbonyl (C=O) groups is 5. The van der Waals surface area contributed by atoms with Crippen LogP contribution in [0.2, 0.25) is 0 Å². The van der Waals surface area contributed by atoms with Crippen molar-refractivity contribution in [3.05, 3.63) is 0 Å². The number of ether oxygens (including phenoxy) is 1. The van der Waals surface area contributed by atoms with E-state index in [1.54, 1.807) is 0 Å². The highest BCUT2D eigenvalue weighted by Gasteiger charge is 2.84. The van der Waals surface area contributed by atoms with Crippen LogP contribution in [0, 0.1) is 0 Å². The Bertz CT molecular complexity index is 730. The van der Waals surface area contributed by atoms with Gasteiger partial charge in [-0.2, -0.15) is 0 Å². The second-order valence-corrected chi connectivity index (χ2v) is 6.65. The van der Waals surface area contributed by atoms with Crippen molar-refractivity contribution in [1.82, 2.24) is 0 Å². The summed E-state index contributed by atoms with van der Waals surface area (Å²) in [6.07, 6.45) is -5.00. The molecule has 0 bridgehead atoms. The molecule has 6 atom stereocenters. The predicted octanol–water partition coefficient (Wildman–Crippen LogP) is -3.43. The molecule has 0 amide bonds.